The molecule has 0 spiro atoms. The van der Waals surface area contributed by atoms with Gasteiger partial charge in [0.2, 0.25) is 5.91 Å². The molecular formula is C14H18N4O2. The summed E-state index contributed by atoms with van der Waals surface area (Å²) in [6.07, 6.45) is 0.860. The lowest BCUT2D eigenvalue weighted by molar-refractivity contribution is -0.127. The molecule has 1 aliphatic rings. The second kappa shape index (κ2) is 5.43. The van der Waals surface area contributed by atoms with Gasteiger partial charge in [0.25, 0.3) is 0 Å². The Hall–Kier alpha value is -2.20. The number of amides is 1. The van der Waals surface area contributed by atoms with Gasteiger partial charge in [-0.25, -0.2) is 0 Å². The van der Waals surface area contributed by atoms with Gasteiger partial charge in [0.05, 0.1) is 11.1 Å². The van der Waals surface area contributed by atoms with Crippen LogP contribution in [0, 0.1) is 5.41 Å². The van der Waals surface area contributed by atoms with Crippen LogP contribution in [-0.4, -0.2) is 19.1 Å². The van der Waals surface area contributed by atoms with Crippen LogP contribution in [0.4, 0.5) is 11.4 Å². The van der Waals surface area contributed by atoms with Crippen molar-refractivity contribution in [2.24, 2.45) is 10.5 Å². The zero-order chi connectivity index (χ0) is 14.8. The minimum Gasteiger partial charge on any atom is -0.490 e. The lowest BCUT2D eigenvalue weighted by Crippen LogP contribution is -2.42. The number of hydrogen-bond acceptors (Lipinski definition) is 3. The smallest absolute Gasteiger partial charge is 0.236 e. The number of benzene rings is 1. The molecular weight excluding hydrogens is 256 g/mol. The fourth-order valence-electron chi connectivity index (χ4n) is 2.20. The SMILES string of the molecule is CCCN1C(=O)C(C)(C)COc2cc(N=[N+]=[N-])ccc21. The standard InChI is InChI=1S/C14H18N4O2/c1-4-7-18-11-6-5-10(16-17-15)8-12(11)20-9-14(2,3)13(18)19/h5-6,8H,4,7,9H2,1-3H3. The summed E-state index contributed by atoms with van der Waals surface area (Å²) in [6.45, 7) is 6.72. The topological polar surface area (TPSA) is 78.3 Å². The second-order valence-electron chi connectivity index (χ2n) is 5.47. The summed E-state index contributed by atoms with van der Waals surface area (Å²) in [7, 11) is 0. The van der Waals surface area contributed by atoms with Crippen molar-refractivity contribution in [1.82, 2.24) is 0 Å². The predicted molar refractivity (Wildman–Crippen MR) is 77.2 cm³/mol. The number of azide groups is 1. The van der Waals surface area contributed by atoms with Crippen LogP contribution in [0.2, 0.25) is 0 Å². The Morgan fingerprint density at radius 3 is 2.90 bits per heavy atom. The Labute approximate surface area is 118 Å². The van der Waals surface area contributed by atoms with E-state index in [9.17, 15) is 4.79 Å². The van der Waals surface area contributed by atoms with E-state index in [1.54, 1.807) is 23.1 Å². The van der Waals surface area contributed by atoms with Crippen LogP contribution in [0.1, 0.15) is 27.2 Å². The van der Waals surface area contributed by atoms with Crippen LogP contribution in [-0.2, 0) is 4.79 Å². The molecule has 0 aromatic heterocycles. The number of carbonyl (C=O) groups excluding carboxylic acids is 1. The van der Waals surface area contributed by atoms with Crippen molar-refractivity contribution in [3.05, 3.63) is 28.6 Å². The fraction of sp³-hybridized carbons (Fsp3) is 0.500. The number of anilines is 1. The van der Waals surface area contributed by atoms with Gasteiger partial charge < -0.3 is 9.64 Å². The maximum atomic E-state index is 12.6. The molecule has 2 rings (SSSR count). The lowest BCUT2D eigenvalue weighted by Gasteiger charge is -2.27. The molecule has 1 aromatic rings. The number of hydrogen-bond donors (Lipinski definition) is 0. The molecule has 20 heavy (non-hydrogen) atoms. The Morgan fingerprint density at radius 2 is 2.25 bits per heavy atom. The molecule has 106 valence electrons. The minimum atomic E-state index is -0.577. The van der Waals surface area contributed by atoms with Crippen LogP contribution in [0.25, 0.3) is 10.4 Å². The minimum absolute atomic E-state index is 0.0506. The van der Waals surface area contributed by atoms with Crippen molar-refractivity contribution in [2.45, 2.75) is 27.2 Å². The molecule has 0 N–H and O–H groups in total. The van der Waals surface area contributed by atoms with E-state index in [2.05, 4.69) is 10.0 Å². The third-order valence-electron chi connectivity index (χ3n) is 3.25. The van der Waals surface area contributed by atoms with Gasteiger partial charge in [0.15, 0.2) is 0 Å². The van der Waals surface area contributed by atoms with E-state index in [0.717, 1.165) is 12.1 Å². The fourth-order valence-corrected chi connectivity index (χ4v) is 2.20. The van der Waals surface area contributed by atoms with Crippen molar-refractivity contribution >= 4 is 17.3 Å². The maximum absolute atomic E-state index is 12.6. The largest absolute Gasteiger partial charge is 0.490 e. The van der Waals surface area contributed by atoms with Gasteiger partial charge in [0.1, 0.15) is 12.4 Å². The zero-order valence-electron chi connectivity index (χ0n) is 12.0. The van der Waals surface area contributed by atoms with E-state index in [0.29, 0.717) is 24.6 Å². The van der Waals surface area contributed by atoms with Gasteiger partial charge in [0, 0.05) is 17.1 Å². The zero-order valence-corrected chi connectivity index (χ0v) is 12.0. The van der Waals surface area contributed by atoms with Crippen molar-refractivity contribution in [3.8, 4) is 5.75 Å². The number of ether oxygens (including phenoxy) is 1. The first kappa shape index (κ1) is 14.2. The average Bonchev–Trinajstić information content (AvgIpc) is 2.50. The molecule has 0 aliphatic carbocycles. The molecule has 0 radical (unpaired) electrons. The summed E-state index contributed by atoms with van der Waals surface area (Å²) in [4.78, 5) is 17.1. The van der Waals surface area contributed by atoms with Crippen molar-refractivity contribution in [3.63, 3.8) is 0 Å². The summed E-state index contributed by atoms with van der Waals surface area (Å²) in [5, 5.41) is 3.57. The highest BCUT2D eigenvalue weighted by atomic mass is 16.5. The van der Waals surface area contributed by atoms with Gasteiger partial charge in [-0.2, -0.15) is 0 Å². The number of rotatable bonds is 3. The number of carbonyl (C=O) groups is 1. The van der Waals surface area contributed by atoms with E-state index in [-0.39, 0.29) is 5.91 Å². The monoisotopic (exact) mass is 274 g/mol. The van der Waals surface area contributed by atoms with Crippen LogP contribution in [0.3, 0.4) is 0 Å². The van der Waals surface area contributed by atoms with E-state index in [1.807, 2.05) is 20.8 Å². The summed E-state index contributed by atoms with van der Waals surface area (Å²) in [5.74, 6) is 0.636. The summed E-state index contributed by atoms with van der Waals surface area (Å²) < 4.78 is 5.75. The van der Waals surface area contributed by atoms with Gasteiger partial charge in [-0.3, -0.25) is 4.79 Å². The average molecular weight is 274 g/mol. The highest BCUT2D eigenvalue weighted by Gasteiger charge is 2.37. The molecule has 6 nitrogen and oxygen atoms in total. The molecule has 0 saturated carbocycles. The van der Waals surface area contributed by atoms with Gasteiger partial charge in [-0.1, -0.05) is 18.1 Å². The highest BCUT2D eigenvalue weighted by molar-refractivity contribution is 5.99. The molecule has 0 atom stereocenters. The molecule has 1 aromatic carbocycles. The first-order valence-electron chi connectivity index (χ1n) is 6.63. The Balaban J connectivity index is 2.51. The van der Waals surface area contributed by atoms with E-state index >= 15 is 0 Å². The quantitative estimate of drug-likeness (QED) is 0.477. The Kier molecular flexibility index (Phi) is 3.86. The molecule has 1 heterocycles. The summed E-state index contributed by atoms with van der Waals surface area (Å²) in [6, 6.07) is 5.14. The third-order valence-corrected chi connectivity index (χ3v) is 3.25. The van der Waals surface area contributed by atoms with Gasteiger partial charge in [-0.05, 0) is 37.9 Å². The van der Waals surface area contributed by atoms with Crippen molar-refractivity contribution in [1.29, 1.82) is 0 Å². The summed E-state index contributed by atoms with van der Waals surface area (Å²) in [5.41, 5.74) is 9.13. The number of fused-ring (bicyclic) bond motifs is 1. The maximum Gasteiger partial charge on any atom is 0.236 e. The van der Waals surface area contributed by atoms with Crippen LogP contribution < -0.4 is 9.64 Å². The first-order valence-corrected chi connectivity index (χ1v) is 6.63. The molecule has 0 bridgehead atoms. The summed E-state index contributed by atoms with van der Waals surface area (Å²) >= 11 is 0. The second-order valence-corrected chi connectivity index (χ2v) is 5.47. The number of nitrogens with zero attached hydrogens (tertiary/aromatic N) is 4. The lowest BCUT2D eigenvalue weighted by atomic mass is 9.93. The van der Waals surface area contributed by atoms with Gasteiger partial charge in [-0.15, -0.1) is 0 Å². The van der Waals surface area contributed by atoms with E-state index < -0.39 is 5.41 Å². The molecule has 1 aliphatic heterocycles. The van der Waals surface area contributed by atoms with Gasteiger partial charge >= 0.3 is 0 Å². The van der Waals surface area contributed by atoms with Crippen LogP contribution in [0.15, 0.2) is 23.3 Å². The molecule has 6 heteroatoms. The Bertz CT molecular complexity index is 577. The highest BCUT2D eigenvalue weighted by Crippen LogP contribution is 2.38. The molecule has 0 unspecified atom stereocenters. The third kappa shape index (κ3) is 2.56. The van der Waals surface area contributed by atoms with E-state index in [4.69, 9.17) is 10.3 Å². The van der Waals surface area contributed by atoms with Crippen LogP contribution in [0.5, 0.6) is 5.75 Å². The first-order chi connectivity index (χ1) is 9.49. The normalized spacial score (nSPS) is 16.8. The predicted octanol–water partition coefficient (Wildman–Crippen LogP) is 3.79. The molecule has 0 saturated heterocycles. The molecule has 1 amide bonds. The van der Waals surface area contributed by atoms with Crippen molar-refractivity contribution < 1.29 is 9.53 Å². The Morgan fingerprint density at radius 1 is 1.50 bits per heavy atom. The molecule has 0 fully saturated rings. The van der Waals surface area contributed by atoms with Crippen molar-refractivity contribution in [2.75, 3.05) is 18.1 Å². The van der Waals surface area contributed by atoms with E-state index in [1.165, 1.54) is 0 Å². The van der Waals surface area contributed by atoms with Crippen LogP contribution >= 0.6 is 0 Å².